The molecule has 20 heavy (non-hydrogen) atoms. The molecule has 4 heteroatoms. The normalized spacial score (nSPS) is 15.9. The summed E-state index contributed by atoms with van der Waals surface area (Å²) in [6.45, 7) is 6.45. The molecule has 2 rings (SSSR count). The first-order chi connectivity index (χ1) is 9.58. The van der Waals surface area contributed by atoms with E-state index in [4.69, 9.17) is 4.74 Å². The van der Waals surface area contributed by atoms with E-state index < -0.39 is 0 Å². The standard InChI is InChI=1S/C16H24N2O2/c1-12-5-4-6-13(2)15(12)17-16(19)18(3)11-14-7-9-20-10-8-14/h4-6,14H,7-11H2,1-3H3,(H,17,19). The lowest BCUT2D eigenvalue weighted by molar-refractivity contribution is 0.0592. The SMILES string of the molecule is Cc1cccc(C)c1NC(=O)N(C)CC1CCOCC1. The number of urea groups is 1. The Hall–Kier alpha value is -1.55. The number of hydrogen-bond acceptors (Lipinski definition) is 2. The van der Waals surface area contributed by atoms with Crippen molar-refractivity contribution in [3.8, 4) is 0 Å². The van der Waals surface area contributed by atoms with Gasteiger partial charge in [0.05, 0.1) is 0 Å². The summed E-state index contributed by atoms with van der Waals surface area (Å²) < 4.78 is 5.35. The maximum absolute atomic E-state index is 12.3. The maximum Gasteiger partial charge on any atom is 0.321 e. The largest absolute Gasteiger partial charge is 0.381 e. The zero-order valence-corrected chi connectivity index (χ0v) is 12.6. The summed E-state index contributed by atoms with van der Waals surface area (Å²) in [6, 6.07) is 6.00. The van der Waals surface area contributed by atoms with Crippen LogP contribution in [-0.4, -0.2) is 37.7 Å². The number of anilines is 1. The molecule has 4 nitrogen and oxygen atoms in total. The first-order valence-electron chi connectivity index (χ1n) is 7.24. The zero-order valence-electron chi connectivity index (χ0n) is 12.6. The molecule has 0 radical (unpaired) electrons. The minimum Gasteiger partial charge on any atom is -0.381 e. The third kappa shape index (κ3) is 3.73. The van der Waals surface area contributed by atoms with E-state index in [-0.39, 0.29) is 6.03 Å². The number of aryl methyl sites for hydroxylation is 2. The molecule has 1 aliphatic rings. The van der Waals surface area contributed by atoms with Gasteiger partial charge in [-0.25, -0.2) is 4.79 Å². The third-order valence-electron chi connectivity index (χ3n) is 3.93. The highest BCUT2D eigenvalue weighted by atomic mass is 16.5. The molecule has 0 spiro atoms. The van der Waals surface area contributed by atoms with Gasteiger partial charge in [0, 0.05) is 32.5 Å². The van der Waals surface area contributed by atoms with Gasteiger partial charge in [0.25, 0.3) is 0 Å². The van der Waals surface area contributed by atoms with Crippen molar-refractivity contribution in [3.63, 3.8) is 0 Å². The summed E-state index contributed by atoms with van der Waals surface area (Å²) in [6.07, 6.45) is 2.09. The lowest BCUT2D eigenvalue weighted by Gasteiger charge is -2.27. The van der Waals surface area contributed by atoms with Crippen LogP contribution in [0.2, 0.25) is 0 Å². The van der Waals surface area contributed by atoms with Crippen LogP contribution in [0.3, 0.4) is 0 Å². The molecule has 0 aromatic heterocycles. The van der Waals surface area contributed by atoms with Gasteiger partial charge in [-0.1, -0.05) is 18.2 Å². The van der Waals surface area contributed by atoms with E-state index in [0.29, 0.717) is 5.92 Å². The molecular weight excluding hydrogens is 252 g/mol. The molecule has 0 bridgehead atoms. The predicted octanol–water partition coefficient (Wildman–Crippen LogP) is 3.19. The van der Waals surface area contributed by atoms with Crippen molar-refractivity contribution >= 4 is 11.7 Å². The number of hydrogen-bond donors (Lipinski definition) is 1. The molecule has 2 amide bonds. The van der Waals surface area contributed by atoms with Crippen molar-refractivity contribution < 1.29 is 9.53 Å². The van der Waals surface area contributed by atoms with Gasteiger partial charge in [-0.15, -0.1) is 0 Å². The Balaban J connectivity index is 1.93. The van der Waals surface area contributed by atoms with E-state index in [1.807, 2.05) is 39.1 Å². The Labute approximate surface area is 121 Å². The molecule has 1 aliphatic heterocycles. The van der Waals surface area contributed by atoms with Crippen LogP contribution in [0.4, 0.5) is 10.5 Å². The number of carbonyl (C=O) groups is 1. The van der Waals surface area contributed by atoms with Gasteiger partial charge >= 0.3 is 6.03 Å². The van der Waals surface area contributed by atoms with Crippen molar-refractivity contribution in [2.45, 2.75) is 26.7 Å². The van der Waals surface area contributed by atoms with Gasteiger partial charge in [-0.05, 0) is 43.7 Å². The summed E-state index contributed by atoms with van der Waals surface area (Å²) >= 11 is 0. The van der Waals surface area contributed by atoms with Gasteiger partial charge in [0.2, 0.25) is 0 Å². The smallest absolute Gasteiger partial charge is 0.321 e. The average Bonchev–Trinajstić information content (AvgIpc) is 2.44. The van der Waals surface area contributed by atoms with Crippen molar-refractivity contribution in [2.75, 3.05) is 32.1 Å². The number of para-hydroxylation sites is 1. The number of nitrogens with one attached hydrogen (secondary N) is 1. The second-order valence-corrected chi connectivity index (χ2v) is 5.63. The van der Waals surface area contributed by atoms with Crippen LogP contribution in [0.15, 0.2) is 18.2 Å². The first-order valence-corrected chi connectivity index (χ1v) is 7.24. The maximum atomic E-state index is 12.3. The van der Waals surface area contributed by atoms with E-state index in [9.17, 15) is 4.79 Å². The highest BCUT2D eigenvalue weighted by Crippen LogP contribution is 2.20. The summed E-state index contributed by atoms with van der Waals surface area (Å²) in [5.41, 5.74) is 3.12. The number of rotatable bonds is 3. The van der Waals surface area contributed by atoms with Crippen LogP contribution in [-0.2, 0) is 4.74 Å². The van der Waals surface area contributed by atoms with Gasteiger partial charge < -0.3 is 15.0 Å². The molecule has 1 N–H and O–H groups in total. The van der Waals surface area contributed by atoms with Crippen molar-refractivity contribution in [1.29, 1.82) is 0 Å². The van der Waals surface area contributed by atoms with Gasteiger partial charge in [0.1, 0.15) is 0 Å². The van der Waals surface area contributed by atoms with Crippen molar-refractivity contribution in [1.82, 2.24) is 4.90 Å². The Morgan fingerprint density at radius 2 is 1.90 bits per heavy atom. The Kier molecular flexibility index (Phi) is 5.01. The van der Waals surface area contributed by atoms with E-state index in [1.165, 1.54) is 0 Å². The van der Waals surface area contributed by atoms with Crippen molar-refractivity contribution in [2.24, 2.45) is 5.92 Å². The lowest BCUT2D eigenvalue weighted by atomic mass is 10.00. The summed E-state index contributed by atoms with van der Waals surface area (Å²) in [7, 11) is 1.86. The summed E-state index contributed by atoms with van der Waals surface area (Å²) in [5.74, 6) is 0.553. The minimum absolute atomic E-state index is 0.0334. The van der Waals surface area contributed by atoms with E-state index in [1.54, 1.807) is 4.90 Å². The van der Waals surface area contributed by atoms with Crippen molar-refractivity contribution in [3.05, 3.63) is 29.3 Å². The van der Waals surface area contributed by atoms with Crippen LogP contribution in [0, 0.1) is 19.8 Å². The molecule has 1 aromatic rings. The predicted molar refractivity (Wildman–Crippen MR) is 81.1 cm³/mol. The van der Waals surface area contributed by atoms with Gasteiger partial charge in [-0.2, -0.15) is 0 Å². The van der Waals surface area contributed by atoms with E-state index in [2.05, 4.69) is 5.32 Å². The number of nitrogens with zero attached hydrogens (tertiary/aromatic N) is 1. The highest BCUT2D eigenvalue weighted by molar-refractivity contribution is 5.90. The second kappa shape index (κ2) is 6.75. The fraction of sp³-hybridized carbons (Fsp3) is 0.562. The summed E-state index contributed by atoms with van der Waals surface area (Å²) in [4.78, 5) is 14.1. The molecule has 1 heterocycles. The summed E-state index contributed by atoms with van der Waals surface area (Å²) in [5, 5.41) is 3.02. The third-order valence-corrected chi connectivity index (χ3v) is 3.93. The van der Waals surface area contributed by atoms with E-state index in [0.717, 1.165) is 49.4 Å². The van der Waals surface area contributed by atoms with Crippen LogP contribution in [0.25, 0.3) is 0 Å². The average molecular weight is 276 g/mol. The Bertz CT molecular complexity index is 447. The second-order valence-electron chi connectivity index (χ2n) is 5.63. The molecular formula is C16H24N2O2. The molecule has 1 aromatic carbocycles. The van der Waals surface area contributed by atoms with Crippen LogP contribution in [0.5, 0.6) is 0 Å². The van der Waals surface area contributed by atoms with Crippen LogP contribution < -0.4 is 5.32 Å². The van der Waals surface area contributed by atoms with Gasteiger partial charge in [-0.3, -0.25) is 0 Å². The van der Waals surface area contributed by atoms with Crippen LogP contribution in [0.1, 0.15) is 24.0 Å². The fourth-order valence-corrected chi connectivity index (χ4v) is 2.61. The quantitative estimate of drug-likeness (QED) is 0.921. The Morgan fingerprint density at radius 3 is 2.50 bits per heavy atom. The molecule has 110 valence electrons. The van der Waals surface area contributed by atoms with Gasteiger partial charge in [0.15, 0.2) is 0 Å². The molecule has 1 fully saturated rings. The highest BCUT2D eigenvalue weighted by Gasteiger charge is 2.19. The van der Waals surface area contributed by atoms with E-state index >= 15 is 0 Å². The number of benzene rings is 1. The monoisotopic (exact) mass is 276 g/mol. The first kappa shape index (κ1) is 14.9. The number of ether oxygens (including phenoxy) is 1. The zero-order chi connectivity index (χ0) is 14.5. The fourth-order valence-electron chi connectivity index (χ4n) is 2.61. The topological polar surface area (TPSA) is 41.6 Å². The molecule has 1 saturated heterocycles. The minimum atomic E-state index is -0.0334. The Morgan fingerprint density at radius 1 is 1.30 bits per heavy atom. The lowest BCUT2D eigenvalue weighted by Crippen LogP contribution is -2.37. The molecule has 0 saturated carbocycles. The molecule has 0 atom stereocenters. The van der Waals surface area contributed by atoms with Crippen LogP contribution >= 0.6 is 0 Å². The molecule has 0 aliphatic carbocycles. The molecule has 0 unspecified atom stereocenters. The number of carbonyl (C=O) groups excluding carboxylic acids is 1. The number of amides is 2.